The van der Waals surface area contributed by atoms with Crippen LogP contribution in [0.2, 0.25) is 0 Å². The molecule has 0 bridgehead atoms. The van der Waals surface area contributed by atoms with Crippen molar-refractivity contribution in [2.45, 2.75) is 26.1 Å². The van der Waals surface area contributed by atoms with Crippen molar-refractivity contribution in [3.05, 3.63) is 10.2 Å². The van der Waals surface area contributed by atoms with Gasteiger partial charge in [0.05, 0.1) is 6.61 Å². The Labute approximate surface area is 91.6 Å². The smallest absolute Gasteiger partial charge is 0.371 e. The van der Waals surface area contributed by atoms with Crippen molar-refractivity contribution in [3.63, 3.8) is 0 Å². The third-order valence-electron chi connectivity index (χ3n) is 2.01. The van der Waals surface area contributed by atoms with Gasteiger partial charge in [0.1, 0.15) is 12.2 Å². The summed E-state index contributed by atoms with van der Waals surface area (Å²) in [4.78, 5) is 11.4. The Hall–Kier alpha value is -0.498. The Morgan fingerprint density at radius 2 is 2.29 bits per heavy atom. The van der Waals surface area contributed by atoms with Crippen molar-refractivity contribution in [1.29, 1.82) is 0 Å². The molecule has 0 spiro atoms. The lowest BCUT2D eigenvalue weighted by Crippen LogP contribution is -2.23. The molecule has 4 nitrogen and oxygen atoms in total. The first-order valence-corrected chi connectivity index (χ1v) is 5.05. The molecular formula is C9H13AlO4. The molecular weight excluding hydrogens is 199 g/mol. The summed E-state index contributed by atoms with van der Waals surface area (Å²) in [6.45, 7) is 3.95. The zero-order valence-electron chi connectivity index (χ0n) is 8.57. The van der Waals surface area contributed by atoms with Crippen LogP contribution >= 0.6 is 0 Å². The minimum absolute atomic E-state index is 0.146. The molecule has 0 saturated carbocycles. The van der Waals surface area contributed by atoms with Crippen LogP contribution in [0.1, 0.15) is 13.8 Å². The summed E-state index contributed by atoms with van der Waals surface area (Å²) in [6, 6.07) is 0. The van der Waals surface area contributed by atoms with Crippen LogP contribution in [0.3, 0.4) is 0 Å². The van der Waals surface area contributed by atoms with E-state index < -0.39 is 5.97 Å². The van der Waals surface area contributed by atoms with Crippen LogP contribution in [-0.4, -0.2) is 48.2 Å². The number of methoxy groups -OCH3 is 1. The highest BCUT2D eigenvalue weighted by atomic mass is 27.0. The normalized spacial score (nSPS) is 26.2. The van der Waals surface area contributed by atoms with Crippen LogP contribution < -0.4 is 0 Å². The Morgan fingerprint density at radius 1 is 1.64 bits per heavy atom. The van der Waals surface area contributed by atoms with Crippen LogP contribution in [0.15, 0.2) is 10.2 Å². The van der Waals surface area contributed by atoms with Gasteiger partial charge in [-0.15, -0.1) is 0 Å². The molecule has 2 radical (unpaired) electrons. The van der Waals surface area contributed by atoms with Crippen LogP contribution in [0.5, 0.6) is 0 Å². The third kappa shape index (κ3) is 2.11. The first-order valence-electron chi connectivity index (χ1n) is 4.48. The highest BCUT2D eigenvalue weighted by molar-refractivity contribution is 6.25. The van der Waals surface area contributed by atoms with E-state index in [4.69, 9.17) is 14.2 Å². The number of ether oxygens (including phenoxy) is 3. The fourth-order valence-corrected chi connectivity index (χ4v) is 1.97. The van der Waals surface area contributed by atoms with E-state index in [1.807, 2.05) is 6.92 Å². The van der Waals surface area contributed by atoms with Crippen molar-refractivity contribution < 1.29 is 19.0 Å². The van der Waals surface area contributed by atoms with Crippen LogP contribution in [-0.2, 0) is 19.0 Å². The van der Waals surface area contributed by atoms with Gasteiger partial charge in [0.25, 0.3) is 0 Å². The molecule has 0 aromatic rings. The topological polar surface area (TPSA) is 44.8 Å². The maximum Gasteiger partial charge on any atom is 0.371 e. The Bertz CT molecular complexity index is 262. The fraction of sp³-hybridized carbons (Fsp3) is 0.667. The van der Waals surface area contributed by atoms with Gasteiger partial charge < -0.3 is 14.2 Å². The molecule has 2 atom stereocenters. The quantitative estimate of drug-likeness (QED) is 0.500. The van der Waals surface area contributed by atoms with Crippen molar-refractivity contribution >= 4 is 22.3 Å². The molecule has 0 amide bonds. The van der Waals surface area contributed by atoms with E-state index >= 15 is 0 Å². The molecule has 0 fully saturated rings. The molecule has 0 N–H and O–H groups in total. The van der Waals surface area contributed by atoms with Gasteiger partial charge in [0.2, 0.25) is 0 Å². The fourth-order valence-electron chi connectivity index (χ4n) is 1.38. The molecule has 5 heteroatoms. The maximum absolute atomic E-state index is 11.4. The number of carbonyl (C=O) groups is 1. The van der Waals surface area contributed by atoms with Crippen LogP contribution in [0.25, 0.3) is 0 Å². The minimum atomic E-state index is -0.427. The molecule has 1 heterocycles. The Morgan fingerprint density at radius 3 is 2.71 bits per heavy atom. The number of rotatable bonds is 3. The molecule has 1 aliphatic rings. The lowest BCUT2D eigenvalue weighted by atomic mass is 10.2. The highest BCUT2D eigenvalue weighted by Crippen LogP contribution is 2.26. The maximum atomic E-state index is 11.4. The van der Waals surface area contributed by atoms with Crippen LogP contribution in [0, 0.1) is 0 Å². The average molecular weight is 212 g/mol. The van der Waals surface area contributed by atoms with E-state index in [0.717, 1.165) is 4.44 Å². The first-order chi connectivity index (χ1) is 6.61. The molecule has 14 heavy (non-hydrogen) atoms. The molecule has 0 aliphatic carbocycles. The Kier molecular flexibility index (Phi) is 4.00. The molecule has 0 unspecified atom stereocenters. The summed E-state index contributed by atoms with van der Waals surface area (Å²) in [6.07, 6.45) is -0.327. The van der Waals surface area contributed by atoms with E-state index in [-0.39, 0.29) is 18.0 Å². The zero-order chi connectivity index (χ0) is 10.7. The number of carbonyl (C=O) groups excluding carboxylic acids is 1. The van der Waals surface area contributed by atoms with E-state index in [1.165, 1.54) is 0 Å². The summed E-state index contributed by atoms with van der Waals surface area (Å²) in [5.41, 5.74) is 0. The predicted molar refractivity (Wildman–Crippen MR) is 50.8 cm³/mol. The summed E-state index contributed by atoms with van der Waals surface area (Å²) in [5, 5.41) is 0. The van der Waals surface area contributed by atoms with Gasteiger partial charge in [-0.2, -0.15) is 0 Å². The lowest BCUT2D eigenvalue weighted by Gasteiger charge is -2.14. The number of hydrogen-bond donors (Lipinski definition) is 0. The van der Waals surface area contributed by atoms with E-state index in [2.05, 4.69) is 16.3 Å². The molecule has 1 rings (SSSR count). The van der Waals surface area contributed by atoms with Gasteiger partial charge in [-0.25, -0.2) is 4.79 Å². The molecule has 0 saturated heterocycles. The van der Waals surface area contributed by atoms with Gasteiger partial charge in [0, 0.05) is 7.11 Å². The number of esters is 1. The SMILES string of the molecule is CCOC(=O)C1=[C]([Al])[C@H](OC)[C@@H](C)O1. The van der Waals surface area contributed by atoms with E-state index in [9.17, 15) is 4.79 Å². The molecule has 0 aromatic heterocycles. The van der Waals surface area contributed by atoms with Crippen molar-refractivity contribution in [2.24, 2.45) is 0 Å². The molecule has 1 aliphatic heterocycles. The summed E-state index contributed by atoms with van der Waals surface area (Å²) < 4.78 is 16.1. The lowest BCUT2D eigenvalue weighted by molar-refractivity contribution is -0.143. The minimum Gasteiger partial charge on any atom is -0.482 e. The third-order valence-corrected chi connectivity index (χ3v) is 2.60. The first kappa shape index (κ1) is 11.6. The Balaban J connectivity index is 2.79. The second kappa shape index (κ2) is 4.83. The van der Waals surface area contributed by atoms with E-state index in [1.54, 1.807) is 14.0 Å². The van der Waals surface area contributed by atoms with Crippen molar-refractivity contribution in [1.82, 2.24) is 0 Å². The second-order valence-corrected chi connectivity index (χ2v) is 3.61. The summed E-state index contributed by atoms with van der Waals surface area (Å²) in [5.74, 6) is -0.167. The summed E-state index contributed by atoms with van der Waals surface area (Å²) >= 11 is 2.47. The van der Waals surface area contributed by atoms with Gasteiger partial charge in [-0.1, -0.05) is 4.44 Å². The standard InChI is InChI=1S/C9H13O4.Al/c1-4-12-9(10)8-5-7(11-3)6(2)13-8;/h6-7H,4H2,1-3H3;/t6-,7+;/m1./s1. The van der Waals surface area contributed by atoms with Crippen molar-refractivity contribution in [2.75, 3.05) is 13.7 Å². The zero-order valence-corrected chi connectivity index (χ0v) is 9.73. The highest BCUT2D eigenvalue weighted by Gasteiger charge is 2.33. The van der Waals surface area contributed by atoms with Gasteiger partial charge in [-0.3, -0.25) is 0 Å². The van der Waals surface area contributed by atoms with Gasteiger partial charge in [0.15, 0.2) is 22.0 Å². The average Bonchev–Trinajstić information content (AvgIpc) is 2.42. The van der Waals surface area contributed by atoms with Crippen LogP contribution in [0.4, 0.5) is 0 Å². The summed E-state index contributed by atoms with van der Waals surface area (Å²) in [7, 11) is 1.59. The van der Waals surface area contributed by atoms with Gasteiger partial charge in [-0.05, 0) is 13.8 Å². The van der Waals surface area contributed by atoms with Gasteiger partial charge >= 0.3 is 5.97 Å². The monoisotopic (exact) mass is 212 g/mol. The molecule has 0 aromatic carbocycles. The largest absolute Gasteiger partial charge is 0.482 e. The van der Waals surface area contributed by atoms with E-state index in [0.29, 0.717) is 6.61 Å². The predicted octanol–water partition coefficient (Wildman–Crippen LogP) is 0.363. The molecule has 76 valence electrons. The number of hydrogen-bond acceptors (Lipinski definition) is 4. The van der Waals surface area contributed by atoms with Crippen molar-refractivity contribution in [3.8, 4) is 0 Å². The second-order valence-electron chi connectivity index (χ2n) is 2.98.